The maximum Gasteiger partial charge on any atom is 0.0928 e. The van der Waals surface area contributed by atoms with Gasteiger partial charge in [0.25, 0.3) is 0 Å². The Labute approximate surface area is 141 Å². The van der Waals surface area contributed by atoms with Crippen LogP contribution in [0.5, 0.6) is 0 Å². The van der Waals surface area contributed by atoms with Crippen LogP contribution in [-0.4, -0.2) is 36.2 Å². The van der Waals surface area contributed by atoms with Crippen LogP contribution in [0, 0.1) is 11.8 Å². The van der Waals surface area contributed by atoms with Gasteiger partial charge in [0.15, 0.2) is 0 Å². The minimum absolute atomic E-state index is 0.371. The molecule has 0 aromatic heterocycles. The number of benzene rings is 1. The summed E-state index contributed by atoms with van der Waals surface area (Å²) in [5, 5.41) is 11.9. The van der Waals surface area contributed by atoms with Gasteiger partial charge < -0.3 is 10.0 Å². The van der Waals surface area contributed by atoms with Gasteiger partial charge in [0.1, 0.15) is 0 Å². The van der Waals surface area contributed by atoms with Gasteiger partial charge in [-0.15, -0.1) is 0 Å². The average molecular weight is 313 g/mol. The molecular formula is C21H31NO. The lowest BCUT2D eigenvalue weighted by atomic mass is 9.70. The fraction of sp³-hybridized carbons (Fsp3) is 0.619. The molecule has 0 aliphatic heterocycles. The summed E-state index contributed by atoms with van der Waals surface area (Å²) in [6.07, 6.45) is 10.7. The van der Waals surface area contributed by atoms with Crippen LogP contribution in [0.2, 0.25) is 0 Å². The monoisotopic (exact) mass is 313 g/mol. The topological polar surface area (TPSA) is 23.5 Å². The molecule has 2 nitrogen and oxygen atoms in total. The van der Waals surface area contributed by atoms with Crippen LogP contribution in [0.4, 0.5) is 0 Å². The minimum Gasteiger partial charge on any atom is -0.385 e. The van der Waals surface area contributed by atoms with Crippen LogP contribution in [0.25, 0.3) is 6.08 Å². The Bertz CT molecular complexity index is 530. The molecule has 0 saturated heterocycles. The number of aliphatic hydroxyl groups is 1. The Morgan fingerprint density at radius 3 is 2.43 bits per heavy atom. The number of rotatable bonds is 4. The summed E-state index contributed by atoms with van der Waals surface area (Å²) in [5.74, 6) is 0.814. The van der Waals surface area contributed by atoms with Crippen molar-refractivity contribution in [2.75, 3.05) is 20.6 Å². The molecule has 1 aromatic carbocycles. The SMILES string of the molecule is CN(C)CC1CCC(=Cc2ccccc2)C1(O)C1CCCCC1. The summed E-state index contributed by atoms with van der Waals surface area (Å²) < 4.78 is 0. The molecule has 0 heterocycles. The summed E-state index contributed by atoms with van der Waals surface area (Å²) in [6.45, 7) is 0.985. The lowest BCUT2D eigenvalue weighted by Crippen LogP contribution is -2.47. The van der Waals surface area contributed by atoms with Crippen LogP contribution in [0.15, 0.2) is 35.9 Å². The molecule has 2 atom stereocenters. The van der Waals surface area contributed by atoms with Gasteiger partial charge in [-0.25, -0.2) is 0 Å². The van der Waals surface area contributed by atoms with Crippen molar-refractivity contribution >= 4 is 6.08 Å². The van der Waals surface area contributed by atoms with Crippen molar-refractivity contribution in [3.05, 3.63) is 41.5 Å². The van der Waals surface area contributed by atoms with Gasteiger partial charge in [0.05, 0.1) is 5.60 Å². The zero-order valence-corrected chi connectivity index (χ0v) is 14.7. The van der Waals surface area contributed by atoms with E-state index in [1.165, 1.54) is 43.2 Å². The molecule has 0 spiro atoms. The van der Waals surface area contributed by atoms with Crippen molar-refractivity contribution in [2.45, 2.75) is 50.5 Å². The first kappa shape index (κ1) is 16.7. The van der Waals surface area contributed by atoms with Gasteiger partial charge >= 0.3 is 0 Å². The second kappa shape index (κ2) is 7.19. The van der Waals surface area contributed by atoms with E-state index in [2.05, 4.69) is 55.4 Å². The summed E-state index contributed by atoms with van der Waals surface area (Å²) in [6, 6.07) is 10.5. The van der Waals surface area contributed by atoms with Gasteiger partial charge in [-0.05, 0) is 56.8 Å². The number of hydrogen-bond donors (Lipinski definition) is 1. The summed E-state index contributed by atoms with van der Waals surface area (Å²) in [7, 11) is 4.25. The highest BCUT2D eigenvalue weighted by Crippen LogP contribution is 2.50. The molecule has 2 fully saturated rings. The van der Waals surface area contributed by atoms with E-state index in [0.717, 1.165) is 19.4 Å². The quantitative estimate of drug-likeness (QED) is 0.893. The smallest absolute Gasteiger partial charge is 0.0928 e. The van der Waals surface area contributed by atoms with E-state index in [4.69, 9.17) is 0 Å². The first-order valence-electron chi connectivity index (χ1n) is 9.24. The van der Waals surface area contributed by atoms with Crippen LogP contribution in [0.1, 0.15) is 50.5 Å². The Morgan fingerprint density at radius 2 is 1.78 bits per heavy atom. The highest BCUT2D eigenvalue weighted by molar-refractivity contribution is 5.56. The summed E-state index contributed by atoms with van der Waals surface area (Å²) in [5.41, 5.74) is 1.91. The Morgan fingerprint density at radius 1 is 1.09 bits per heavy atom. The average Bonchev–Trinajstić information content (AvgIpc) is 2.87. The summed E-state index contributed by atoms with van der Waals surface area (Å²) >= 11 is 0. The fourth-order valence-electron chi connectivity index (χ4n) is 4.76. The Kier molecular flexibility index (Phi) is 5.23. The molecule has 0 radical (unpaired) electrons. The second-order valence-electron chi connectivity index (χ2n) is 7.74. The normalized spacial score (nSPS) is 31.1. The highest BCUT2D eigenvalue weighted by Gasteiger charge is 2.50. The van der Waals surface area contributed by atoms with E-state index < -0.39 is 5.60 Å². The molecule has 0 amide bonds. The predicted molar refractivity (Wildman–Crippen MR) is 97.2 cm³/mol. The van der Waals surface area contributed by atoms with Crippen molar-refractivity contribution in [1.82, 2.24) is 4.90 Å². The van der Waals surface area contributed by atoms with Crippen molar-refractivity contribution < 1.29 is 5.11 Å². The maximum absolute atomic E-state index is 11.9. The largest absolute Gasteiger partial charge is 0.385 e. The van der Waals surface area contributed by atoms with Gasteiger partial charge in [0.2, 0.25) is 0 Å². The second-order valence-corrected chi connectivity index (χ2v) is 7.74. The van der Waals surface area contributed by atoms with E-state index in [1.807, 2.05) is 0 Å². The molecule has 3 rings (SSSR count). The van der Waals surface area contributed by atoms with Crippen molar-refractivity contribution in [1.29, 1.82) is 0 Å². The minimum atomic E-state index is -0.597. The van der Waals surface area contributed by atoms with E-state index in [1.54, 1.807) is 0 Å². The third-order valence-corrected chi connectivity index (χ3v) is 5.85. The molecule has 2 aliphatic rings. The van der Waals surface area contributed by atoms with Gasteiger partial charge in [-0.2, -0.15) is 0 Å². The molecule has 2 aliphatic carbocycles. The van der Waals surface area contributed by atoms with Crippen molar-refractivity contribution in [3.8, 4) is 0 Å². The Balaban J connectivity index is 1.92. The van der Waals surface area contributed by atoms with E-state index in [-0.39, 0.29) is 0 Å². The summed E-state index contributed by atoms with van der Waals surface area (Å²) in [4.78, 5) is 2.24. The van der Waals surface area contributed by atoms with Gasteiger partial charge in [-0.1, -0.05) is 55.7 Å². The zero-order chi connectivity index (χ0) is 16.3. The zero-order valence-electron chi connectivity index (χ0n) is 14.7. The molecule has 2 saturated carbocycles. The first-order chi connectivity index (χ1) is 11.1. The predicted octanol–water partition coefficient (Wildman–Crippen LogP) is 4.35. The molecule has 1 aromatic rings. The van der Waals surface area contributed by atoms with E-state index >= 15 is 0 Å². The maximum atomic E-state index is 11.9. The highest BCUT2D eigenvalue weighted by atomic mass is 16.3. The van der Waals surface area contributed by atoms with Crippen LogP contribution in [0.3, 0.4) is 0 Å². The number of hydrogen-bond acceptors (Lipinski definition) is 2. The Hall–Kier alpha value is -1.12. The fourth-order valence-corrected chi connectivity index (χ4v) is 4.76. The van der Waals surface area contributed by atoms with E-state index in [0.29, 0.717) is 11.8 Å². The molecular weight excluding hydrogens is 282 g/mol. The van der Waals surface area contributed by atoms with Gasteiger partial charge in [-0.3, -0.25) is 0 Å². The molecule has 2 heteroatoms. The van der Waals surface area contributed by atoms with Crippen molar-refractivity contribution in [2.24, 2.45) is 11.8 Å². The molecule has 2 unspecified atom stereocenters. The number of nitrogens with zero attached hydrogens (tertiary/aromatic N) is 1. The molecule has 23 heavy (non-hydrogen) atoms. The molecule has 0 bridgehead atoms. The lowest BCUT2D eigenvalue weighted by molar-refractivity contribution is -0.0399. The molecule has 126 valence electrons. The van der Waals surface area contributed by atoms with Crippen LogP contribution in [-0.2, 0) is 0 Å². The van der Waals surface area contributed by atoms with Gasteiger partial charge in [0, 0.05) is 12.5 Å². The standard InChI is InChI=1S/C21H31NO/c1-22(2)16-20-14-13-19(15-17-9-5-3-6-10-17)21(20,23)18-11-7-4-8-12-18/h3,5-6,9-10,15,18,20,23H,4,7-8,11-14,16H2,1-2H3. The van der Waals surface area contributed by atoms with E-state index in [9.17, 15) is 5.11 Å². The first-order valence-corrected chi connectivity index (χ1v) is 9.24. The third-order valence-electron chi connectivity index (χ3n) is 5.85. The van der Waals surface area contributed by atoms with Crippen LogP contribution >= 0.6 is 0 Å². The van der Waals surface area contributed by atoms with Crippen LogP contribution < -0.4 is 0 Å². The lowest BCUT2D eigenvalue weighted by Gasteiger charge is -2.42. The third kappa shape index (κ3) is 3.54. The van der Waals surface area contributed by atoms with Crippen molar-refractivity contribution in [3.63, 3.8) is 0 Å². The molecule has 1 N–H and O–H groups in total.